The van der Waals surface area contributed by atoms with Gasteiger partial charge in [-0.2, -0.15) is 0 Å². The molecule has 18 heavy (non-hydrogen) atoms. The molecule has 1 aliphatic heterocycles. The number of benzene rings is 1. The minimum absolute atomic E-state index is 0.197. The zero-order valence-corrected chi connectivity index (χ0v) is 11.4. The molecule has 0 bridgehead atoms. The largest absolute Gasteiger partial charge is 0.492 e. The molecule has 1 heterocycles. The molecule has 0 spiro atoms. The third-order valence-corrected chi connectivity index (χ3v) is 3.73. The van der Waals surface area contributed by atoms with Crippen LogP contribution in [0.2, 0.25) is 0 Å². The summed E-state index contributed by atoms with van der Waals surface area (Å²) in [6, 6.07) is 1.86. The SMILES string of the molecule is COc1c(C)cc(C2(C)CCCN2)c(F)c1OC. The highest BCUT2D eigenvalue weighted by molar-refractivity contribution is 5.52. The van der Waals surface area contributed by atoms with Crippen LogP contribution in [-0.2, 0) is 5.54 Å². The van der Waals surface area contributed by atoms with Gasteiger partial charge >= 0.3 is 0 Å². The molecule has 1 N–H and O–H groups in total. The van der Waals surface area contributed by atoms with Crippen LogP contribution in [0.25, 0.3) is 0 Å². The minimum Gasteiger partial charge on any atom is -0.492 e. The molecule has 3 nitrogen and oxygen atoms in total. The maximum Gasteiger partial charge on any atom is 0.197 e. The zero-order valence-electron chi connectivity index (χ0n) is 11.4. The van der Waals surface area contributed by atoms with Gasteiger partial charge < -0.3 is 14.8 Å². The third-order valence-electron chi connectivity index (χ3n) is 3.73. The molecule has 0 saturated carbocycles. The van der Waals surface area contributed by atoms with Crippen LogP contribution in [0, 0.1) is 12.7 Å². The van der Waals surface area contributed by atoms with Crippen molar-refractivity contribution in [2.45, 2.75) is 32.2 Å². The minimum atomic E-state index is -0.322. The Balaban J connectivity index is 2.59. The highest BCUT2D eigenvalue weighted by Crippen LogP contribution is 2.41. The lowest BCUT2D eigenvalue weighted by Gasteiger charge is -2.27. The number of aryl methyl sites for hydroxylation is 1. The van der Waals surface area contributed by atoms with E-state index >= 15 is 0 Å². The lowest BCUT2D eigenvalue weighted by atomic mass is 9.88. The number of hydrogen-bond acceptors (Lipinski definition) is 3. The van der Waals surface area contributed by atoms with Gasteiger partial charge in [0.2, 0.25) is 0 Å². The number of hydrogen-bond donors (Lipinski definition) is 1. The average Bonchev–Trinajstić information content (AvgIpc) is 2.79. The summed E-state index contributed by atoms with van der Waals surface area (Å²) in [5.74, 6) is 0.347. The van der Waals surface area contributed by atoms with Crippen molar-refractivity contribution >= 4 is 0 Å². The number of methoxy groups -OCH3 is 2. The molecule has 4 heteroatoms. The molecule has 1 aromatic rings. The first-order valence-electron chi connectivity index (χ1n) is 6.20. The predicted octanol–water partition coefficient (Wildman–Crippen LogP) is 2.75. The Labute approximate surface area is 107 Å². The number of nitrogens with one attached hydrogen (secondary N) is 1. The highest BCUT2D eigenvalue weighted by Gasteiger charge is 2.35. The molecule has 2 rings (SSSR count). The van der Waals surface area contributed by atoms with Gasteiger partial charge in [0, 0.05) is 11.1 Å². The van der Waals surface area contributed by atoms with Crippen LogP contribution in [0.15, 0.2) is 6.07 Å². The van der Waals surface area contributed by atoms with Crippen molar-refractivity contribution in [3.8, 4) is 11.5 Å². The first-order chi connectivity index (χ1) is 8.53. The third kappa shape index (κ3) is 1.94. The van der Waals surface area contributed by atoms with Gasteiger partial charge in [-0.15, -0.1) is 0 Å². The van der Waals surface area contributed by atoms with E-state index in [0.717, 1.165) is 24.9 Å². The lowest BCUT2D eigenvalue weighted by molar-refractivity contribution is 0.325. The van der Waals surface area contributed by atoms with Crippen LogP contribution in [0.5, 0.6) is 11.5 Å². The summed E-state index contributed by atoms with van der Waals surface area (Å²) in [4.78, 5) is 0. The number of ether oxygens (including phenoxy) is 2. The first-order valence-corrected chi connectivity index (χ1v) is 6.20. The van der Waals surface area contributed by atoms with E-state index in [9.17, 15) is 4.39 Å². The molecule has 100 valence electrons. The van der Waals surface area contributed by atoms with E-state index in [2.05, 4.69) is 5.32 Å². The second kappa shape index (κ2) is 4.76. The van der Waals surface area contributed by atoms with Gasteiger partial charge in [0.1, 0.15) is 0 Å². The Kier molecular flexibility index (Phi) is 3.48. The van der Waals surface area contributed by atoms with E-state index in [1.807, 2.05) is 19.9 Å². The average molecular weight is 253 g/mol. The Morgan fingerprint density at radius 3 is 2.44 bits per heavy atom. The summed E-state index contributed by atoms with van der Waals surface area (Å²) >= 11 is 0. The van der Waals surface area contributed by atoms with E-state index in [1.54, 1.807) is 0 Å². The summed E-state index contributed by atoms with van der Waals surface area (Å²) < 4.78 is 24.9. The Morgan fingerprint density at radius 1 is 1.28 bits per heavy atom. The Hall–Kier alpha value is -1.29. The first kappa shape index (κ1) is 13.1. The van der Waals surface area contributed by atoms with Crippen LogP contribution in [0.3, 0.4) is 0 Å². The number of halogens is 1. The van der Waals surface area contributed by atoms with Crippen molar-refractivity contribution < 1.29 is 13.9 Å². The van der Waals surface area contributed by atoms with E-state index in [-0.39, 0.29) is 17.1 Å². The molecular formula is C14H20FNO2. The fourth-order valence-corrected chi connectivity index (χ4v) is 2.71. The van der Waals surface area contributed by atoms with Crippen LogP contribution in [0.4, 0.5) is 4.39 Å². The molecular weight excluding hydrogens is 233 g/mol. The summed E-state index contributed by atoms with van der Waals surface area (Å²) in [7, 11) is 2.99. The van der Waals surface area contributed by atoms with E-state index in [0.29, 0.717) is 11.3 Å². The van der Waals surface area contributed by atoms with Crippen molar-refractivity contribution in [3.63, 3.8) is 0 Å². The van der Waals surface area contributed by atoms with Gasteiger partial charge in [-0.1, -0.05) is 0 Å². The van der Waals surface area contributed by atoms with Crippen LogP contribution < -0.4 is 14.8 Å². The Morgan fingerprint density at radius 2 is 1.94 bits per heavy atom. The zero-order chi connectivity index (χ0) is 13.3. The van der Waals surface area contributed by atoms with Crippen molar-refractivity contribution in [3.05, 3.63) is 23.0 Å². The molecule has 0 aromatic heterocycles. The molecule has 1 unspecified atom stereocenters. The molecule has 1 saturated heterocycles. The standard InChI is InChI=1S/C14H20FNO2/c1-9-8-10(14(2)6-5-7-16-14)11(15)13(18-4)12(9)17-3/h8,16H,5-7H2,1-4H3. The summed E-state index contributed by atoms with van der Waals surface area (Å²) in [6.45, 7) is 4.86. The van der Waals surface area contributed by atoms with Crippen molar-refractivity contribution in [1.29, 1.82) is 0 Å². The normalized spacial score (nSPS) is 23.2. The van der Waals surface area contributed by atoms with Gasteiger partial charge in [0.25, 0.3) is 0 Å². The molecule has 0 radical (unpaired) electrons. The van der Waals surface area contributed by atoms with Gasteiger partial charge in [-0.25, -0.2) is 4.39 Å². The van der Waals surface area contributed by atoms with Crippen molar-refractivity contribution in [2.24, 2.45) is 0 Å². The van der Waals surface area contributed by atoms with Gasteiger partial charge in [-0.05, 0) is 44.9 Å². The molecule has 1 aromatic carbocycles. The van der Waals surface area contributed by atoms with Gasteiger partial charge in [-0.3, -0.25) is 0 Å². The van der Waals surface area contributed by atoms with Crippen LogP contribution in [-0.4, -0.2) is 20.8 Å². The lowest BCUT2D eigenvalue weighted by Crippen LogP contribution is -2.34. The molecule has 1 aliphatic rings. The summed E-state index contributed by atoms with van der Waals surface area (Å²) in [5.41, 5.74) is 1.24. The second-order valence-corrected chi connectivity index (χ2v) is 4.98. The summed E-state index contributed by atoms with van der Waals surface area (Å²) in [6.07, 6.45) is 1.99. The van der Waals surface area contributed by atoms with Gasteiger partial charge in [0.05, 0.1) is 14.2 Å². The fourth-order valence-electron chi connectivity index (χ4n) is 2.71. The maximum absolute atomic E-state index is 14.6. The maximum atomic E-state index is 14.6. The van der Waals surface area contributed by atoms with E-state index in [4.69, 9.17) is 9.47 Å². The highest BCUT2D eigenvalue weighted by atomic mass is 19.1. The van der Waals surface area contributed by atoms with Crippen LogP contribution >= 0.6 is 0 Å². The topological polar surface area (TPSA) is 30.5 Å². The molecule has 1 atom stereocenters. The molecule has 0 amide bonds. The second-order valence-electron chi connectivity index (χ2n) is 4.98. The van der Waals surface area contributed by atoms with Crippen molar-refractivity contribution in [1.82, 2.24) is 5.32 Å². The number of rotatable bonds is 3. The predicted molar refractivity (Wildman–Crippen MR) is 68.8 cm³/mol. The molecule has 0 aliphatic carbocycles. The molecule has 1 fully saturated rings. The quantitative estimate of drug-likeness (QED) is 0.898. The monoisotopic (exact) mass is 253 g/mol. The van der Waals surface area contributed by atoms with Crippen molar-refractivity contribution in [2.75, 3.05) is 20.8 Å². The fraction of sp³-hybridized carbons (Fsp3) is 0.571. The smallest absolute Gasteiger partial charge is 0.197 e. The van der Waals surface area contributed by atoms with E-state index in [1.165, 1.54) is 14.2 Å². The van der Waals surface area contributed by atoms with Crippen LogP contribution in [0.1, 0.15) is 30.9 Å². The Bertz CT molecular complexity index is 454. The summed E-state index contributed by atoms with van der Waals surface area (Å²) in [5, 5.41) is 3.37. The van der Waals surface area contributed by atoms with Gasteiger partial charge in [0.15, 0.2) is 17.3 Å². The van der Waals surface area contributed by atoms with E-state index < -0.39 is 0 Å².